The predicted molar refractivity (Wildman–Crippen MR) is 135 cm³/mol. The molecular weight excluding hydrogens is 496 g/mol. The predicted octanol–water partition coefficient (Wildman–Crippen LogP) is 5.87. The minimum Gasteiger partial charge on any atom is -0.490 e. The quantitative estimate of drug-likeness (QED) is 0.289. The van der Waals surface area contributed by atoms with E-state index in [0.717, 1.165) is 10.6 Å². The van der Waals surface area contributed by atoms with E-state index in [9.17, 15) is 9.59 Å². The number of hydrogen-bond acceptors (Lipinski definition) is 5. The van der Waals surface area contributed by atoms with Crippen LogP contribution in [0.5, 0.6) is 11.5 Å². The molecule has 0 radical (unpaired) electrons. The number of carbonyl (C=O) groups is 2. The number of benzene rings is 3. The van der Waals surface area contributed by atoms with Crippen molar-refractivity contribution in [2.45, 2.75) is 20.5 Å². The van der Waals surface area contributed by atoms with E-state index in [1.807, 2.05) is 55.5 Å². The standard InChI is InChI=1S/C27H23BrN2O4/c1-3-33-24-16-20(15-23(28)25(24)34-17-19-10-6-4-7-11-19)14-22-18(2)29-30(27(22)32)26(31)21-12-8-5-9-13-21/h4-16H,3,17H2,1-2H3/b22-14+. The molecule has 0 bridgehead atoms. The van der Waals surface area contributed by atoms with Crippen LogP contribution in [0.3, 0.4) is 0 Å². The molecule has 0 saturated carbocycles. The molecule has 2 amide bonds. The van der Waals surface area contributed by atoms with Crippen LogP contribution in [-0.4, -0.2) is 29.1 Å². The number of rotatable bonds is 7. The van der Waals surface area contributed by atoms with E-state index in [-0.39, 0.29) is 0 Å². The molecule has 0 unspecified atom stereocenters. The first-order valence-corrected chi connectivity index (χ1v) is 11.6. The van der Waals surface area contributed by atoms with Crippen molar-refractivity contribution in [2.75, 3.05) is 6.61 Å². The lowest BCUT2D eigenvalue weighted by Gasteiger charge is -2.15. The summed E-state index contributed by atoms with van der Waals surface area (Å²) < 4.78 is 12.5. The summed E-state index contributed by atoms with van der Waals surface area (Å²) in [5.74, 6) is 0.202. The largest absolute Gasteiger partial charge is 0.490 e. The summed E-state index contributed by atoms with van der Waals surface area (Å²) >= 11 is 3.57. The van der Waals surface area contributed by atoms with Crippen molar-refractivity contribution in [3.63, 3.8) is 0 Å². The summed E-state index contributed by atoms with van der Waals surface area (Å²) in [6, 6.07) is 22.1. The molecule has 1 heterocycles. The highest BCUT2D eigenvalue weighted by Gasteiger charge is 2.33. The van der Waals surface area contributed by atoms with Gasteiger partial charge >= 0.3 is 0 Å². The van der Waals surface area contributed by atoms with Gasteiger partial charge in [0.2, 0.25) is 0 Å². The Labute approximate surface area is 206 Å². The van der Waals surface area contributed by atoms with E-state index in [1.165, 1.54) is 0 Å². The molecule has 7 heteroatoms. The van der Waals surface area contributed by atoms with Gasteiger partial charge in [0.05, 0.1) is 22.4 Å². The first-order chi connectivity index (χ1) is 16.5. The summed E-state index contributed by atoms with van der Waals surface area (Å²) in [6.45, 7) is 4.44. The SMILES string of the molecule is CCOc1cc(/C=C2/C(=O)N(C(=O)c3ccccc3)N=C2C)cc(Br)c1OCc1ccccc1. The molecule has 1 aliphatic rings. The van der Waals surface area contributed by atoms with Crippen LogP contribution in [0.2, 0.25) is 0 Å². The van der Waals surface area contributed by atoms with E-state index in [0.29, 0.717) is 51.6 Å². The van der Waals surface area contributed by atoms with Gasteiger partial charge in [-0.2, -0.15) is 10.1 Å². The van der Waals surface area contributed by atoms with E-state index in [1.54, 1.807) is 37.3 Å². The zero-order chi connectivity index (χ0) is 24.1. The van der Waals surface area contributed by atoms with Crippen LogP contribution >= 0.6 is 15.9 Å². The normalized spacial score (nSPS) is 14.3. The number of amides is 2. The first-order valence-electron chi connectivity index (χ1n) is 10.8. The lowest BCUT2D eigenvalue weighted by atomic mass is 10.1. The van der Waals surface area contributed by atoms with Crippen LogP contribution in [-0.2, 0) is 11.4 Å². The number of hydrogen-bond donors (Lipinski definition) is 0. The maximum absolute atomic E-state index is 13.0. The third-order valence-corrected chi connectivity index (χ3v) is 5.73. The van der Waals surface area contributed by atoms with Gasteiger partial charge in [0.25, 0.3) is 11.8 Å². The van der Waals surface area contributed by atoms with E-state index < -0.39 is 11.8 Å². The molecule has 0 fully saturated rings. The molecule has 0 atom stereocenters. The molecule has 0 aromatic heterocycles. The fourth-order valence-corrected chi connectivity index (χ4v) is 4.07. The Hall–Kier alpha value is -3.71. The van der Waals surface area contributed by atoms with Crippen molar-refractivity contribution in [1.29, 1.82) is 0 Å². The second kappa shape index (κ2) is 10.5. The van der Waals surface area contributed by atoms with Crippen molar-refractivity contribution >= 4 is 39.5 Å². The Bertz CT molecular complexity index is 1270. The smallest absolute Gasteiger partial charge is 0.283 e. The molecule has 4 rings (SSSR count). The summed E-state index contributed by atoms with van der Waals surface area (Å²) in [5.41, 5.74) is 2.96. The van der Waals surface area contributed by atoms with Gasteiger partial charge in [-0.25, -0.2) is 0 Å². The third kappa shape index (κ3) is 5.10. The van der Waals surface area contributed by atoms with Gasteiger partial charge < -0.3 is 9.47 Å². The van der Waals surface area contributed by atoms with Crippen molar-refractivity contribution < 1.29 is 19.1 Å². The van der Waals surface area contributed by atoms with Crippen LogP contribution in [0, 0.1) is 0 Å². The van der Waals surface area contributed by atoms with E-state index >= 15 is 0 Å². The number of imide groups is 1. The van der Waals surface area contributed by atoms with E-state index in [2.05, 4.69) is 21.0 Å². The van der Waals surface area contributed by atoms with Crippen molar-refractivity contribution in [3.05, 3.63) is 99.5 Å². The zero-order valence-corrected chi connectivity index (χ0v) is 20.4. The Morgan fingerprint density at radius 1 is 1.03 bits per heavy atom. The molecule has 1 aliphatic heterocycles. The average molecular weight is 519 g/mol. The highest BCUT2D eigenvalue weighted by atomic mass is 79.9. The van der Waals surface area contributed by atoms with Crippen molar-refractivity contribution in [2.24, 2.45) is 5.10 Å². The van der Waals surface area contributed by atoms with Crippen molar-refractivity contribution in [3.8, 4) is 11.5 Å². The number of nitrogens with zero attached hydrogens (tertiary/aromatic N) is 2. The lowest BCUT2D eigenvalue weighted by molar-refractivity contribution is -0.123. The van der Waals surface area contributed by atoms with E-state index in [4.69, 9.17) is 9.47 Å². The number of halogens is 1. The van der Waals surface area contributed by atoms with Gasteiger partial charge in [0, 0.05) is 5.56 Å². The van der Waals surface area contributed by atoms with Crippen LogP contribution in [0.15, 0.2) is 87.9 Å². The molecule has 0 N–H and O–H groups in total. The molecule has 6 nitrogen and oxygen atoms in total. The highest BCUT2D eigenvalue weighted by molar-refractivity contribution is 9.10. The minimum absolute atomic E-state index is 0.344. The van der Waals surface area contributed by atoms with Gasteiger partial charge in [-0.05, 0) is 71.2 Å². The molecule has 0 spiro atoms. The van der Waals surface area contributed by atoms with Gasteiger partial charge in [0.1, 0.15) is 6.61 Å². The summed E-state index contributed by atoms with van der Waals surface area (Å²) in [5, 5.41) is 5.11. The summed E-state index contributed by atoms with van der Waals surface area (Å²) in [7, 11) is 0. The third-order valence-electron chi connectivity index (χ3n) is 5.14. The van der Waals surface area contributed by atoms with Crippen LogP contribution in [0.25, 0.3) is 6.08 Å². The molecule has 34 heavy (non-hydrogen) atoms. The monoisotopic (exact) mass is 518 g/mol. The van der Waals surface area contributed by atoms with Crippen molar-refractivity contribution in [1.82, 2.24) is 5.01 Å². The molecule has 172 valence electrons. The van der Waals surface area contributed by atoms with Crippen LogP contribution < -0.4 is 9.47 Å². The van der Waals surface area contributed by atoms with Crippen LogP contribution in [0.4, 0.5) is 0 Å². The lowest BCUT2D eigenvalue weighted by Crippen LogP contribution is -2.29. The second-order valence-corrected chi connectivity index (χ2v) is 8.42. The average Bonchev–Trinajstić information content (AvgIpc) is 3.13. The Kier molecular flexibility index (Phi) is 7.23. The Morgan fingerprint density at radius 3 is 2.38 bits per heavy atom. The molecule has 3 aromatic rings. The molecule has 0 saturated heterocycles. The summed E-state index contributed by atoms with van der Waals surface area (Å²) in [6.07, 6.45) is 1.70. The fourth-order valence-electron chi connectivity index (χ4n) is 3.50. The second-order valence-electron chi connectivity index (χ2n) is 7.57. The zero-order valence-electron chi connectivity index (χ0n) is 18.8. The minimum atomic E-state index is -0.468. The molecular formula is C27H23BrN2O4. The first kappa shape index (κ1) is 23.4. The molecule has 0 aliphatic carbocycles. The maximum Gasteiger partial charge on any atom is 0.283 e. The topological polar surface area (TPSA) is 68.2 Å². The van der Waals surface area contributed by atoms with Gasteiger partial charge in [-0.3, -0.25) is 9.59 Å². The number of hydrazone groups is 1. The highest BCUT2D eigenvalue weighted by Crippen LogP contribution is 2.38. The Morgan fingerprint density at radius 2 is 1.71 bits per heavy atom. The molecule has 3 aromatic carbocycles. The number of carbonyl (C=O) groups excluding carboxylic acids is 2. The van der Waals surface area contributed by atoms with Gasteiger partial charge in [-0.1, -0.05) is 48.5 Å². The fraction of sp³-hybridized carbons (Fsp3) is 0.148. The number of ether oxygens (including phenoxy) is 2. The van der Waals surface area contributed by atoms with Gasteiger partial charge in [-0.15, -0.1) is 0 Å². The Balaban J connectivity index is 1.60. The van der Waals surface area contributed by atoms with Crippen LogP contribution in [0.1, 0.15) is 35.3 Å². The van der Waals surface area contributed by atoms with Gasteiger partial charge in [0.15, 0.2) is 11.5 Å². The summed E-state index contributed by atoms with van der Waals surface area (Å²) in [4.78, 5) is 25.8. The maximum atomic E-state index is 13.0.